The molecular weight excluding hydrogens is 404 g/mol. The summed E-state index contributed by atoms with van der Waals surface area (Å²) < 4.78 is 8.62. The van der Waals surface area contributed by atoms with Crippen molar-refractivity contribution in [2.75, 3.05) is 19.7 Å². The van der Waals surface area contributed by atoms with Crippen LogP contribution in [0.1, 0.15) is 24.6 Å². The zero-order valence-electron chi connectivity index (χ0n) is 16.7. The number of nitrogens with zero attached hydrogens (tertiary/aromatic N) is 4. The van der Waals surface area contributed by atoms with Gasteiger partial charge in [-0.25, -0.2) is 14.0 Å². The van der Waals surface area contributed by atoms with Crippen molar-refractivity contribution in [3.8, 4) is 11.4 Å². The smallest absolute Gasteiger partial charge is 0.350 e. The first-order valence-corrected chi connectivity index (χ1v) is 10.3. The van der Waals surface area contributed by atoms with Crippen LogP contribution in [0.4, 0.5) is 0 Å². The van der Waals surface area contributed by atoms with Gasteiger partial charge >= 0.3 is 5.69 Å². The van der Waals surface area contributed by atoms with Gasteiger partial charge in [0.25, 0.3) is 5.91 Å². The van der Waals surface area contributed by atoms with Crippen molar-refractivity contribution in [2.24, 2.45) is 7.05 Å². The maximum Gasteiger partial charge on any atom is 0.350 e. The van der Waals surface area contributed by atoms with Crippen LogP contribution in [-0.2, 0) is 11.8 Å². The number of carbonyl (C=O) groups excluding carboxylic acids is 1. The van der Waals surface area contributed by atoms with Gasteiger partial charge in [-0.2, -0.15) is 5.10 Å². The fourth-order valence-corrected chi connectivity index (χ4v) is 3.85. The van der Waals surface area contributed by atoms with Crippen LogP contribution in [0.3, 0.4) is 0 Å². The highest BCUT2D eigenvalue weighted by atomic mass is 35.5. The van der Waals surface area contributed by atoms with Crippen LogP contribution in [0.25, 0.3) is 5.69 Å². The average molecular weight is 427 g/mol. The van der Waals surface area contributed by atoms with E-state index in [1.54, 1.807) is 40.8 Å². The molecule has 0 unspecified atom stereocenters. The average Bonchev–Trinajstić information content (AvgIpc) is 3.08. The summed E-state index contributed by atoms with van der Waals surface area (Å²) >= 11 is 5.86. The highest BCUT2D eigenvalue weighted by molar-refractivity contribution is 6.30. The van der Waals surface area contributed by atoms with E-state index in [2.05, 4.69) is 5.10 Å². The summed E-state index contributed by atoms with van der Waals surface area (Å²) in [5, 5.41) is 5.12. The number of ether oxygens (including phenoxy) is 1. The third kappa shape index (κ3) is 4.26. The number of amides is 1. The minimum atomic E-state index is -0.161. The summed E-state index contributed by atoms with van der Waals surface area (Å²) in [5.74, 6) is 1.42. The summed E-state index contributed by atoms with van der Waals surface area (Å²) in [7, 11) is 1.66. The molecule has 30 heavy (non-hydrogen) atoms. The molecule has 1 aliphatic heterocycles. The van der Waals surface area contributed by atoms with E-state index in [0.717, 1.165) is 24.4 Å². The third-order valence-corrected chi connectivity index (χ3v) is 5.60. The lowest BCUT2D eigenvalue weighted by atomic mass is 9.95. The predicted octanol–water partition coefficient (Wildman–Crippen LogP) is 3.01. The van der Waals surface area contributed by atoms with Crippen molar-refractivity contribution in [3.63, 3.8) is 0 Å². The Hall–Kier alpha value is -3.06. The molecular formula is C22H23ClN4O3. The fourth-order valence-electron chi connectivity index (χ4n) is 3.72. The minimum absolute atomic E-state index is 0.00932. The molecule has 0 radical (unpaired) electrons. The van der Waals surface area contributed by atoms with Crippen molar-refractivity contribution < 1.29 is 9.53 Å². The number of hydrogen-bond acceptors (Lipinski definition) is 4. The van der Waals surface area contributed by atoms with Gasteiger partial charge in [0, 0.05) is 31.1 Å². The molecule has 2 aromatic carbocycles. The Morgan fingerprint density at radius 3 is 2.43 bits per heavy atom. The zero-order valence-corrected chi connectivity index (χ0v) is 17.5. The Bertz CT molecular complexity index is 1070. The number of likely N-dealkylation sites (tertiary alicyclic amines) is 1. The van der Waals surface area contributed by atoms with E-state index in [-0.39, 0.29) is 24.1 Å². The summed E-state index contributed by atoms with van der Waals surface area (Å²) in [6.07, 6.45) is 1.49. The molecule has 0 N–H and O–H groups in total. The van der Waals surface area contributed by atoms with Gasteiger partial charge in [0.15, 0.2) is 6.61 Å². The maximum atomic E-state index is 12.6. The number of aromatic nitrogens is 3. The van der Waals surface area contributed by atoms with Gasteiger partial charge in [-0.3, -0.25) is 4.79 Å². The zero-order chi connectivity index (χ0) is 21.1. The summed E-state index contributed by atoms with van der Waals surface area (Å²) in [6.45, 7) is 1.20. The summed E-state index contributed by atoms with van der Waals surface area (Å²) in [6, 6.07) is 16.5. The standard InChI is InChI=1S/C22H23ClN4O3/c1-25-22(29)27(18-5-3-2-4-6-18)21(24-25)16-11-13-26(14-12-16)20(28)15-30-19-9-7-17(23)8-10-19/h2-10,16H,11-15H2,1H3. The molecule has 1 saturated heterocycles. The first kappa shape index (κ1) is 20.2. The lowest BCUT2D eigenvalue weighted by molar-refractivity contribution is -0.134. The molecule has 1 fully saturated rings. The van der Waals surface area contributed by atoms with Crippen molar-refractivity contribution in [1.29, 1.82) is 0 Å². The molecule has 4 rings (SSSR count). The van der Waals surface area contributed by atoms with Crippen molar-refractivity contribution >= 4 is 17.5 Å². The predicted molar refractivity (Wildman–Crippen MR) is 114 cm³/mol. The number of halogens is 1. The first-order valence-electron chi connectivity index (χ1n) is 9.90. The molecule has 156 valence electrons. The molecule has 0 spiro atoms. The Balaban J connectivity index is 1.40. The number of benzene rings is 2. The minimum Gasteiger partial charge on any atom is -0.484 e. The van der Waals surface area contributed by atoms with E-state index in [1.165, 1.54) is 4.68 Å². The van der Waals surface area contributed by atoms with Crippen molar-refractivity contribution in [2.45, 2.75) is 18.8 Å². The molecule has 0 atom stereocenters. The highest BCUT2D eigenvalue weighted by Gasteiger charge is 2.28. The lowest BCUT2D eigenvalue weighted by Crippen LogP contribution is -2.41. The first-order chi connectivity index (χ1) is 14.5. The van der Waals surface area contributed by atoms with E-state index in [1.807, 2.05) is 30.3 Å². The van der Waals surface area contributed by atoms with Gasteiger partial charge < -0.3 is 9.64 Å². The normalized spacial score (nSPS) is 14.7. The molecule has 0 bridgehead atoms. The maximum absolute atomic E-state index is 12.6. The van der Waals surface area contributed by atoms with Gasteiger partial charge in [0.2, 0.25) is 0 Å². The number of rotatable bonds is 5. The van der Waals surface area contributed by atoms with E-state index in [9.17, 15) is 9.59 Å². The summed E-state index contributed by atoms with van der Waals surface area (Å²) in [4.78, 5) is 27.0. The van der Waals surface area contributed by atoms with Gasteiger partial charge in [0.05, 0.1) is 5.69 Å². The van der Waals surface area contributed by atoms with Crippen molar-refractivity contribution in [1.82, 2.24) is 19.2 Å². The second-order valence-electron chi connectivity index (χ2n) is 7.33. The Kier molecular flexibility index (Phi) is 5.90. The van der Waals surface area contributed by atoms with E-state index in [0.29, 0.717) is 23.9 Å². The van der Waals surface area contributed by atoms with Crippen LogP contribution in [0.15, 0.2) is 59.4 Å². The topological polar surface area (TPSA) is 69.4 Å². The number of piperidine rings is 1. The molecule has 2 heterocycles. The molecule has 1 aliphatic rings. The Morgan fingerprint density at radius 1 is 1.10 bits per heavy atom. The molecule has 3 aromatic rings. The molecule has 1 aromatic heterocycles. The molecule has 7 nitrogen and oxygen atoms in total. The molecule has 1 amide bonds. The van der Waals surface area contributed by atoms with Gasteiger partial charge in [-0.05, 0) is 49.2 Å². The SMILES string of the molecule is Cn1nc(C2CCN(C(=O)COc3ccc(Cl)cc3)CC2)n(-c2ccccc2)c1=O. The number of aryl methyl sites for hydroxylation is 1. The second kappa shape index (κ2) is 8.75. The lowest BCUT2D eigenvalue weighted by Gasteiger charge is -2.31. The van der Waals surface area contributed by atoms with Crippen molar-refractivity contribution in [3.05, 3.63) is 75.9 Å². The van der Waals surface area contributed by atoms with Crippen LogP contribution in [0.5, 0.6) is 5.75 Å². The van der Waals surface area contributed by atoms with E-state index < -0.39 is 0 Å². The number of hydrogen-bond donors (Lipinski definition) is 0. The molecule has 8 heteroatoms. The van der Waals surface area contributed by atoms with Crippen LogP contribution < -0.4 is 10.4 Å². The highest BCUT2D eigenvalue weighted by Crippen LogP contribution is 2.27. The number of para-hydroxylation sites is 1. The van der Waals surface area contributed by atoms with Gasteiger partial charge in [0.1, 0.15) is 11.6 Å². The van der Waals surface area contributed by atoms with Crippen LogP contribution in [-0.4, -0.2) is 44.9 Å². The largest absolute Gasteiger partial charge is 0.484 e. The van der Waals surface area contributed by atoms with Crippen LogP contribution >= 0.6 is 11.6 Å². The number of carbonyl (C=O) groups is 1. The van der Waals surface area contributed by atoms with E-state index in [4.69, 9.17) is 16.3 Å². The monoisotopic (exact) mass is 426 g/mol. The Labute approximate surface area is 179 Å². The second-order valence-corrected chi connectivity index (χ2v) is 7.77. The van der Waals surface area contributed by atoms with E-state index >= 15 is 0 Å². The molecule has 0 aliphatic carbocycles. The Morgan fingerprint density at radius 2 is 1.77 bits per heavy atom. The summed E-state index contributed by atoms with van der Waals surface area (Å²) in [5.41, 5.74) is 0.645. The quantitative estimate of drug-likeness (QED) is 0.629. The van der Waals surface area contributed by atoms with Gasteiger partial charge in [-0.1, -0.05) is 29.8 Å². The van der Waals surface area contributed by atoms with Crippen LogP contribution in [0, 0.1) is 0 Å². The fraction of sp³-hybridized carbons (Fsp3) is 0.318. The van der Waals surface area contributed by atoms with Crippen LogP contribution in [0.2, 0.25) is 5.02 Å². The molecule has 0 saturated carbocycles. The van der Waals surface area contributed by atoms with Gasteiger partial charge in [-0.15, -0.1) is 0 Å². The third-order valence-electron chi connectivity index (χ3n) is 5.35.